The van der Waals surface area contributed by atoms with E-state index in [1.807, 2.05) is 0 Å². The van der Waals surface area contributed by atoms with Crippen LogP contribution in [-0.4, -0.2) is 29.6 Å². The normalized spacial score (nSPS) is 33.9. The van der Waals surface area contributed by atoms with Crippen LogP contribution < -0.4 is 11.1 Å². The van der Waals surface area contributed by atoms with Crippen molar-refractivity contribution in [3.05, 3.63) is 0 Å². The molecular weight excluding hydrogens is 256 g/mol. The zero-order valence-electron chi connectivity index (χ0n) is 10.2. The van der Waals surface area contributed by atoms with Crippen LogP contribution in [0.15, 0.2) is 0 Å². The largest absolute Gasteiger partial charge is 0.443 e. The number of rotatable bonds is 1. The molecule has 4 unspecified atom stereocenters. The predicted octanol–water partition coefficient (Wildman–Crippen LogP) is 2.89. The molecule has 17 heavy (non-hydrogen) atoms. The van der Waals surface area contributed by atoms with Crippen LogP contribution in [-0.2, 0) is 0 Å². The first-order valence-corrected chi connectivity index (χ1v) is 6.48. The molecule has 0 spiro atoms. The average Bonchev–Trinajstić information content (AvgIpc) is 2.19. The summed E-state index contributed by atoms with van der Waals surface area (Å²) in [7, 11) is 0. The summed E-state index contributed by atoms with van der Waals surface area (Å²) in [6.07, 6.45) is -0.412. The standard InChI is InChI=1S/C7H12F4N2S.C3H8/c1-3-2-13-6(4(8)5(3)12)14-7(9,10)11;1-3-2/h3-6,13H,2,12H2,1H3;3H2,1-2H3. The highest BCUT2D eigenvalue weighted by Crippen LogP contribution is 2.37. The minimum absolute atomic E-state index is 0.143. The van der Waals surface area contributed by atoms with E-state index in [1.165, 1.54) is 6.42 Å². The first-order valence-electron chi connectivity index (χ1n) is 5.60. The highest BCUT2D eigenvalue weighted by atomic mass is 32.2. The molecule has 0 aromatic heterocycles. The van der Waals surface area contributed by atoms with E-state index in [2.05, 4.69) is 19.2 Å². The van der Waals surface area contributed by atoms with Crippen molar-refractivity contribution in [3.8, 4) is 0 Å². The second-order valence-electron chi connectivity index (χ2n) is 4.10. The van der Waals surface area contributed by atoms with Crippen molar-refractivity contribution in [2.24, 2.45) is 11.7 Å². The maximum absolute atomic E-state index is 13.3. The molecule has 104 valence electrons. The van der Waals surface area contributed by atoms with Crippen molar-refractivity contribution in [1.82, 2.24) is 5.32 Å². The van der Waals surface area contributed by atoms with Gasteiger partial charge in [0, 0.05) is 12.6 Å². The van der Waals surface area contributed by atoms with Gasteiger partial charge in [-0.05, 0) is 17.7 Å². The number of nitrogens with two attached hydrogens (primary N) is 1. The molecule has 0 amide bonds. The van der Waals surface area contributed by atoms with Crippen LogP contribution >= 0.6 is 11.8 Å². The lowest BCUT2D eigenvalue weighted by atomic mass is 9.95. The number of thioether (sulfide) groups is 1. The van der Waals surface area contributed by atoms with Crippen molar-refractivity contribution in [3.63, 3.8) is 0 Å². The van der Waals surface area contributed by atoms with Crippen LogP contribution in [0.3, 0.4) is 0 Å². The molecule has 1 saturated heterocycles. The van der Waals surface area contributed by atoms with E-state index in [4.69, 9.17) is 5.73 Å². The van der Waals surface area contributed by atoms with E-state index < -0.39 is 23.1 Å². The number of nitrogens with one attached hydrogen (secondary N) is 1. The highest BCUT2D eigenvalue weighted by molar-refractivity contribution is 8.00. The van der Waals surface area contributed by atoms with Crippen LogP contribution in [0.5, 0.6) is 0 Å². The zero-order valence-corrected chi connectivity index (χ0v) is 11.0. The number of hydrogen-bond acceptors (Lipinski definition) is 3. The molecule has 0 aliphatic carbocycles. The molecule has 1 aliphatic heterocycles. The van der Waals surface area contributed by atoms with E-state index in [0.29, 0.717) is 6.54 Å². The molecule has 0 aromatic carbocycles. The monoisotopic (exact) mass is 276 g/mol. The lowest BCUT2D eigenvalue weighted by Gasteiger charge is -2.36. The second-order valence-corrected chi connectivity index (χ2v) is 5.31. The predicted molar refractivity (Wildman–Crippen MR) is 63.4 cm³/mol. The highest BCUT2D eigenvalue weighted by Gasteiger charge is 2.42. The third kappa shape index (κ3) is 6.47. The summed E-state index contributed by atoms with van der Waals surface area (Å²) in [4.78, 5) is 0. The molecule has 2 nitrogen and oxygen atoms in total. The first kappa shape index (κ1) is 17.0. The molecule has 0 saturated carbocycles. The van der Waals surface area contributed by atoms with Gasteiger partial charge < -0.3 is 11.1 Å². The molecule has 0 radical (unpaired) electrons. The summed E-state index contributed by atoms with van der Waals surface area (Å²) < 4.78 is 49.2. The summed E-state index contributed by atoms with van der Waals surface area (Å²) in [6, 6.07) is -0.823. The summed E-state index contributed by atoms with van der Waals surface area (Å²) in [5, 5.41) is 1.22. The van der Waals surface area contributed by atoms with Crippen molar-refractivity contribution < 1.29 is 17.6 Å². The summed E-state index contributed by atoms with van der Waals surface area (Å²) in [6.45, 7) is 6.27. The minimum Gasteiger partial charge on any atom is -0.325 e. The van der Waals surface area contributed by atoms with Gasteiger partial charge in [-0.1, -0.05) is 27.2 Å². The third-order valence-electron chi connectivity index (χ3n) is 2.22. The molecule has 0 bridgehead atoms. The Morgan fingerprint density at radius 2 is 1.82 bits per heavy atom. The van der Waals surface area contributed by atoms with Crippen LogP contribution in [0, 0.1) is 5.92 Å². The second kappa shape index (κ2) is 7.43. The SMILES string of the molecule is CC1CNC(SC(F)(F)F)C(F)C1N.CCC. The van der Waals surface area contributed by atoms with Gasteiger partial charge in [-0.25, -0.2) is 4.39 Å². The Bertz CT molecular complexity index is 213. The van der Waals surface area contributed by atoms with Crippen molar-refractivity contribution >= 4 is 11.8 Å². The Hall–Kier alpha value is -0.0100. The molecule has 3 N–H and O–H groups in total. The smallest absolute Gasteiger partial charge is 0.325 e. The Kier molecular flexibility index (Phi) is 7.43. The maximum atomic E-state index is 13.3. The van der Waals surface area contributed by atoms with Gasteiger partial charge in [-0.3, -0.25) is 0 Å². The molecule has 0 aromatic rings. The number of alkyl halides is 4. The van der Waals surface area contributed by atoms with Gasteiger partial charge in [-0.15, -0.1) is 0 Å². The fourth-order valence-electron chi connectivity index (χ4n) is 1.32. The van der Waals surface area contributed by atoms with Crippen LogP contribution in [0.2, 0.25) is 0 Å². The Morgan fingerprint density at radius 3 is 2.24 bits per heavy atom. The van der Waals surface area contributed by atoms with Gasteiger partial charge in [0.1, 0.15) is 6.17 Å². The van der Waals surface area contributed by atoms with E-state index in [9.17, 15) is 17.6 Å². The number of hydrogen-bond donors (Lipinski definition) is 2. The molecular formula is C10H20F4N2S. The third-order valence-corrected chi connectivity index (χ3v) is 3.16. The van der Waals surface area contributed by atoms with Crippen molar-refractivity contribution in [2.75, 3.05) is 6.54 Å². The Labute approximate surface area is 104 Å². The molecule has 1 heterocycles. The van der Waals surface area contributed by atoms with E-state index in [-0.39, 0.29) is 17.7 Å². The lowest BCUT2D eigenvalue weighted by molar-refractivity contribution is -0.0347. The lowest BCUT2D eigenvalue weighted by Crippen LogP contribution is -2.57. The number of halogens is 4. The topological polar surface area (TPSA) is 38.0 Å². The van der Waals surface area contributed by atoms with Crippen molar-refractivity contribution in [2.45, 2.75) is 50.3 Å². The minimum atomic E-state index is -4.43. The van der Waals surface area contributed by atoms with Crippen LogP contribution in [0.1, 0.15) is 27.2 Å². The van der Waals surface area contributed by atoms with Gasteiger partial charge in [0.05, 0.1) is 5.37 Å². The van der Waals surface area contributed by atoms with Crippen LogP contribution in [0.4, 0.5) is 17.6 Å². The van der Waals surface area contributed by atoms with Gasteiger partial charge in [0.15, 0.2) is 0 Å². The Balaban J connectivity index is 0.000000770. The van der Waals surface area contributed by atoms with Crippen LogP contribution in [0.25, 0.3) is 0 Å². The van der Waals surface area contributed by atoms with Gasteiger partial charge in [0.25, 0.3) is 0 Å². The molecule has 1 fully saturated rings. The fraction of sp³-hybridized carbons (Fsp3) is 1.00. The quantitative estimate of drug-likeness (QED) is 0.723. The van der Waals surface area contributed by atoms with Gasteiger partial charge >= 0.3 is 5.51 Å². The summed E-state index contributed by atoms with van der Waals surface area (Å²) in [5.74, 6) is -0.143. The molecule has 7 heteroatoms. The van der Waals surface area contributed by atoms with E-state index in [1.54, 1.807) is 6.92 Å². The summed E-state index contributed by atoms with van der Waals surface area (Å²) >= 11 is -0.375. The first-order chi connectivity index (χ1) is 7.72. The summed E-state index contributed by atoms with van der Waals surface area (Å²) in [5.41, 5.74) is 1.01. The molecule has 4 atom stereocenters. The zero-order chi connectivity index (χ0) is 13.6. The van der Waals surface area contributed by atoms with Crippen molar-refractivity contribution in [1.29, 1.82) is 0 Å². The Morgan fingerprint density at radius 1 is 1.35 bits per heavy atom. The maximum Gasteiger partial charge on any atom is 0.443 e. The number of piperidine rings is 1. The van der Waals surface area contributed by atoms with Gasteiger partial charge in [0.2, 0.25) is 0 Å². The van der Waals surface area contributed by atoms with E-state index >= 15 is 0 Å². The van der Waals surface area contributed by atoms with Gasteiger partial charge in [-0.2, -0.15) is 13.2 Å². The fourth-order valence-corrected chi connectivity index (χ4v) is 2.10. The molecule has 1 rings (SSSR count). The average molecular weight is 276 g/mol. The molecule has 1 aliphatic rings. The van der Waals surface area contributed by atoms with E-state index in [0.717, 1.165) is 0 Å².